The molecule has 0 aliphatic heterocycles. The van der Waals surface area contributed by atoms with Gasteiger partial charge in [0.05, 0.1) is 12.5 Å². The summed E-state index contributed by atoms with van der Waals surface area (Å²) in [7, 11) is 1.55. The fourth-order valence-corrected chi connectivity index (χ4v) is 2.27. The average Bonchev–Trinajstić information content (AvgIpc) is 3.09. The van der Waals surface area contributed by atoms with Gasteiger partial charge in [-0.2, -0.15) is 0 Å². The number of nitrogens with two attached hydrogens (primary N) is 1. The molecule has 0 spiro atoms. The molecule has 2 rings (SSSR count). The first-order valence-corrected chi connectivity index (χ1v) is 5.71. The van der Waals surface area contributed by atoms with Crippen LogP contribution in [0, 0.1) is 5.41 Å². The van der Waals surface area contributed by atoms with Crippen molar-refractivity contribution in [2.24, 2.45) is 11.1 Å². The Labute approximate surface area is 104 Å². The number of halogens is 1. The van der Waals surface area contributed by atoms with Crippen LogP contribution in [-0.2, 0) is 4.79 Å². The standard InChI is InChI=1S/C12H14ClNO3/c1-17-7-2-3-8(9(13)6-7)10(14)12(4-5-12)11(15)16/h2-3,6,10H,4-5,14H2,1H3,(H,15,16). The van der Waals surface area contributed by atoms with Crippen LogP contribution in [0.15, 0.2) is 18.2 Å². The van der Waals surface area contributed by atoms with Crippen molar-refractivity contribution in [3.8, 4) is 5.75 Å². The number of methoxy groups -OCH3 is 1. The summed E-state index contributed by atoms with van der Waals surface area (Å²) in [5.41, 5.74) is 5.85. The monoisotopic (exact) mass is 255 g/mol. The zero-order valence-electron chi connectivity index (χ0n) is 9.44. The summed E-state index contributed by atoms with van der Waals surface area (Å²) in [4.78, 5) is 11.2. The van der Waals surface area contributed by atoms with Crippen molar-refractivity contribution in [1.82, 2.24) is 0 Å². The normalized spacial score (nSPS) is 18.5. The van der Waals surface area contributed by atoms with E-state index in [0.29, 0.717) is 29.2 Å². The molecule has 4 nitrogen and oxygen atoms in total. The average molecular weight is 256 g/mol. The topological polar surface area (TPSA) is 72.5 Å². The molecule has 3 N–H and O–H groups in total. The molecule has 1 saturated carbocycles. The van der Waals surface area contributed by atoms with E-state index in [0.717, 1.165) is 0 Å². The second-order valence-electron chi connectivity index (χ2n) is 4.33. The van der Waals surface area contributed by atoms with E-state index in [9.17, 15) is 9.90 Å². The van der Waals surface area contributed by atoms with Crippen LogP contribution < -0.4 is 10.5 Å². The van der Waals surface area contributed by atoms with E-state index in [1.807, 2.05) is 0 Å². The van der Waals surface area contributed by atoms with Crippen molar-refractivity contribution < 1.29 is 14.6 Å². The van der Waals surface area contributed by atoms with Gasteiger partial charge in [-0.05, 0) is 30.5 Å². The molecule has 5 heteroatoms. The maximum Gasteiger partial charge on any atom is 0.311 e. The number of rotatable bonds is 4. The smallest absolute Gasteiger partial charge is 0.311 e. The highest BCUT2D eigenvalue weighted by Crippen LogP contribution is 2.55. The van der Waals surface area contributed by atoms with E-state index in [1.54, 1.807) is 25.3 Å². The third kappa shape index (κ3) is 1.98. The first-order valence-electron chi connectivity index (χ1n) is 5.33. The van der Waals surface area contributed by atoms with E-state index >= 15 is 0 Å². The summed E-state index contributed by atoms with van der Waals surface area (Å²) in [5, 5.41) is 9.63. The Morgan fingerprint density at radius 3 is 2.65 bits per heavy atom. The molecule has 1 atom stereocenters. The van der Waals surface area contributed by atoms with Crippen LogP contribution in [0.2, 0.25) is 5.02 Å². The Balaban J connectivity index is 2.32. The molecular weight excluding hydrogens is 242 g/mol. The molecule has 1 unspecified atom stereocenters. The summed E-state index contributed by atoms with van der Waals surface area (Å²) in [6.07, 6.45) is 1.21. The maximum atomic E-state index is 11.2. The number of hydrogen-bond acceptors (Lipinski definition) is 3. The zero-order valence-corrected chi connectivity index (χ0v) is 10.2. The largest absolute Gasteiger partial charge is 0.497 e. The van der Waals surface area contributed by atoms with Gasteiger partial charge in [0, 0.05) is 11.1 Å². The molecule has 0 amide bonds. The van der Waals surface area contributed by atoms with Crippen LogP contribution in [-0.4, -0.2) is 18.2 Å². The van der Waals surface area contributed by atoms with E-state index in [4.69, 9.17) is 22.1 Å². The first kappa shape index (κ1) is 12.2. The van der Waals surface area contributed by atoms with Gasteiger partial charge in [-0.1, -0.05) is 17.7 Å². The van der Waals surface area contributed by atoms with Crippen molar-refractivity contribution >= 4 is 17.6 Å². The van der Waals surface area contributed by atoms with E-state index in [-0.39, 0.29) is 0 Å². The quantitative estimate of drug-likeness (QED) is 0.865. The van der Waals surface area contributed by atoms with E-state index < -0.39 is 17.4 Å². The van der Waals surface area contributed by atoms with Gasteiger partial charge in [0.1, 0.15) is 5.75 Å². The minimum absolute atomic E-state index is 0.448. The summed E-state index contributed by atoms with van der Waals surface area (Å²) < 4.78 is 5.04. The highest BCUT2D eigenvalue weighted by atomic mass is 35.5. The van der Waals surface area contributed by atoms with Crippen LogP contribution in [0.25, 0.3) is 0 Å². The van der Waals surface area contributed by atoms with Crippen LogP contribution in [0.1, 0.15) is 24.4 Å². The number of carboxylic acid groups (broad SMARTS) is 1. The lowest BCUT2D eigenvalue weighted by atomic mass is 9.91. The number of carboxylic acids is 1. The molecule has 1 aliphatic rings. The summed E-state index contributed by atoms with van der Waals surface area (Å²) in [6, 6.07) is 4.54. The predicted molar refractivity (Wildman–Crippen MR) is 64.2 cm³/mol. The predicted octanol–water partition coefficient (Wildman–Crippen LogP) is 2.21. The highest BCUT2D eigenvalue weighted by Gasteiger charge is 2.55. The lowest BCUT2D eigenvalue weighted by Crippen LogP contribution is -2.30. The molecule has 0 bridgehead atoms. The Kier molecular flexibility index (Phi) is 3.02. The van der Waals surface area contributed by atoms with Gasteiger partial charge >= 0.3 is 5.97 Å². The van der Waals surface area contributed by atoms with Gasteiger partial charge in [0.25, 0.3) is 0 Å². The highest BCUT2D eigenvalue weighted by molar-refractivity contribution is 6.31. The lowest BCUT2D eigenvalue weighted by molar-refractivity contribution is -0.144. The molecule has 1 aromatic carbocycles. The third-order valence-corrected chi connectivity index (χ3v) is 3.68. The van der Waals surface area contributed by atoms with Crippen molar-refractivity contribution in [1.29, 1.82) is 0 Å². The molecule has 1 aliphatic carbocycles. The van der Waals surface area contributed by atoms with Crippen molar-refractivity contribution in [2.75, 3.05) is 7.11 Å². The minimum Gasteiger partial charge on any atom is -0.497 e. The van der Waals surface area contributed by atoms with Crippen LogP contribution >= 0.6 is 11.6 Å². The van der Waals surface area contributed by atoms with Gasteiger partial charge < -0.3 is 15.6 Å². The van der Waals surface area contributed by atoms with Gasteiger partial charge in [0.15, 0.2) is 0 Å². The Morgan fingerprint density at radius 2 is 2.24 bits per heavy atom. The van der Waals surface area contributed by atoms with Gasteiger partial charge in [-0.3, -0.25) is 4.79 Å². The number of hydrogen-bond donors (Lipinski definition) is 2. The summed E-state index contributed by atoms with van der Waals surface area (Å²) in [5.74, 6) is -0.219. The molecule has 0 radical (unpaired) electrons. The molecule has 1 fully saturated rings. The van der Waals surface area contributed by atoms with Crippen LogP contribution in [0.5, 0.6) is 5.75 Å². The fourth-order valence-electron chi connectivity index (χ4n) is 1.98. The minimum atomic E-state index is -0.850. The molecule has 0 heterocycles. The second kappa shape index (κ2) is 4.20. The van der Waals surface area contributed by atoms with Crippen LogP contribution in [0.3, 0.4) is 0 Å². The van der Waals surface area contributed by atoms with E-state index in [2.05, 4.69) is 0 Å². The molecule has 0 aromatic heterocycles. The summed E-state index contributed by atoms with van der Waals surface area (Å²) >= 11 is 6.09. The summed E-state index contributed by atoms with van der Waals surface area (Å²) in [6.45, 7) is 0. The second-order valence-corrected chi connectivity index (χ2v) is 4.73. The number of carbonyl (C=O) groups is 1. The SMILES string of the molecule is COc1ccc(C(N)C2(C(=O)O)CC2)c(Cl)c1. The lowest BCUT2D eigenvalue weighted by Gasteiger charge is -2.20. The van der Waals surface area contributed by atoms with Gasteiger partial charge in [0.2, 0.25) is 0 Å². The molecule has 1 aromatic rings. The fraction of sp³-hybridized carbons (Fsp3) is 0.417. The van der Waals surface area contributed by atoms with Crippen LogP contribution in [0.4, 0.5) is 0 Å². The van der Waals surface area contributed by atoms with Gasteiger partial charge in [-0.15, -0.1) is 0 Å². The Hall–Kier alpha value is -1.26. The number of benzene rings is 1. The first-order chi connectivity index (χ1) is 8.01. The van der Waals surface area contributed by atoms with Crippen molar-refractivity contribution in [3.05, 3.63) is 28.8 Å². The maximum absolute atomic E-state index is 11.2. The molecule has 17 heavy (non-hydrogen) atoms. The zero-order chi connectivity index (χ0) is 12.6. The third-order valence-electron chi connectivity index (χ3n) is 3.35. The molecular formula is C12H14ClNO3. The van der Waals surface area contributed by atoms with Crippen molar-refractivity contribution in [3.63, 3.8) is 0 Å². The molecule has 92 valence electrons. The molecule has 0 saturated heterocycles. The van der Waals surface area contributed by atoms with Gasteiger partial charge in [-0.25, -0.2) is 0 Å². The van der Waals surface area contributed by atoms with E-state index in [1.165, 1.54) is 0 Å². The Morgan fingerprint density at radius 1 is 1.59 bits per heavy atom. The Bertz CT molecular complexity index is 457. The van der Waals surface area contributed by atoms with Crippen molar-refractivity contribution in [2.45, 2.75) is 18.9 Å². The number of ether oxygens (including phenoxy) is 1. The number of aliphatic carboxylic acids is 1.